The Bertz CT molecular complexity index is 889. The molecule has 9 heteroatoms. The number of carbonyl (C=O) groups is 2. The number of anilines is 1. The maximum Gasteiger partial charge on any atom is 0.305 e. The number of aromatic nitrogens is 3. The van der Waals surface area contributed by atoms with Crippen LogP contribution in [0.2, 0.25) is 5.02 Å². The predicted octanol–water partition coefficient (Wildman–Crippen LogP) is 2.87. The minimum atomic E-state index is -0.918. The van der Waals surface area contributed by atoms with Gasteiger partial charge in [-0.05, 0) is 18.2 Å². The van der Waals surface area contributed by atoms with E-state index < -0.39 is 11.9 Å². The lowest BCUT2D eigenvalue weighted by Gasteiger charge is -2.06. The molecule has 0 unspecified atom stereocenters. The summed E-state index contributed by atoms with van der Waals surface area (Å²) in [5.74, 6) is -1.03. The number of aryl methyl sites for hydroxylation is 1. The molecule has 0 atom stereocenters. The molecule has 0 radical (unpaired) electrons. The molecular formula is C14H11ClN4O3S. The lowest BCUT2D eigenvalue weighted by Crippen LogP contribution is -2.16. The van der Waals surface area contributed by atoms with Crippen molar-refractivity contribution in [2.45, 2.75) is 13.0 Å². The van der Waals surface area contributed by atoms with Crippen LogP contribution in [0.4, 0.5) is 5.95 Å². The monoisotopic (exact) mass is 350 g/mol. The molecule has 118 valence electrons. The molecule has 0 aliphatic carbocycles. The second kappa shape index (κ2) is 6.35. The number of nitrogens with one attached hydrogen (secondary N) is 1. The van der Waals surface area contributed by atoms with Crippen LogP contribution in [0.5, 0.6) is 0 Å². The van der Waals surface area contributed by atoms with Crippen LogP contribution in [-0.2, 0) is 11.3 Å². The second-order valence-electron chi connectivity index (χ2n) is 4.67. The fraction of sp³-hybridized carbons (Fsp3) is 0.143. The van der Waals surface area contributed by atoms with Crippen molar-refractivity contribution in [1.29, 1.82) is 0 Å². The van der Waals surface area contributed by atoms with Crippen LogP contribution in [0.3, 0.4) is 0 Å². The van der Waals surface area contributed by atoms with Crippen molar-refractivity contribution in [1.82, 2.24) is 14.5 Å². The minimum Gasteiger partial charge on any atom is -0.481 e. The summed E-state index contributed by atoms with van der Waals surface area (Å²) in [4.78, 5) is 31.2. The molecule has 1 aromatic carbocycles. The number of carbonyl (C=O) groups excluding carboxylic acids is 1. The third kappa shape index (κ3) is 3.49. The zero-order valence-corrected chi connectivity index (χ0v) is 13.3. The standard InChI is InChI=1S/C14H11ClN4O3S/c15-8-1-2-9-10(7-8)23-13(17-9)12(22)18-14-16-4-6-19(14)5-3-11(20)21/h1-2,4,6-7H,3,5H2,(H,20,21)(H,16,18,22). The molecule has 3 rings (SSSR count). The largest absolute Gasteiger partial charge is 0.481 e. The molecule has 2 heterocycles. The summed E-state index contributed by atoms with van der Waals surface area (Å²) in [5, 5.41) is 12.2. The van der Waals surface area contributed by atoms with Crippen LogP contribution < -0.4 is 5.32 Å². The number of hydrogen-bond acceptors (Lipinski definition) is 5. The Morgan fingerprint density at radius 1 is 1.39 bits per heavy atom. The Labute approximate surface area is 139 Å². The zero-order valence-electron chi connectivity index (χ0n) is 11.7. The van der Waals surface area contributed by atoms with Crippen LogP contribution in [0.1, 0.15) is 16.2 Å². The van der Waals surface area contributed by atoms with Gasteiger partial charge in [0.2, 0.25) is 5.95 Å². The molecule has 0 spiro atoms. The lowest BCUT2D eigenvalue weighted by atomic mass is 10.3. The number of carboxylic acids is 1. The van der Waals surface area contributed by atoms with Gasteiger partial charge in [0, 0.05) is 24.0 Å². The predicted molar refractivity (Wildman–Crippen MR) is 87.1 cm³/mol. The van der Waals surface area contributed by atoms with Gasteiger partial charge in [-0.2, -0.15) is 0 Å². The van der Waals surface area contributed by atoms with Gasteiger partial charge >= 0.3 is 5.97 Å². The fourth-order valence-corrected chi connectivity index (χ4v) is 3.12. The molecule has 0 aliphatic heterocycles. The van der Waals surface area contributed by atoms with E-state index in [0.29, 0.717) is 10.5 Å². The van der Waals surface area contributed by atoms with Gasteiger partial charge in [-0.25, -0.2) is 9.97 Å². The van der Waals surface area contributed by atoms with E-state index in [1.165, 1.54) is 17.5 Å². The number of thiazole rings is 1. The molecule has 2 aromatic heterocycles. The number of halogens is 1. The Morgan fingerprint density at radius 2 is 2.22 bits per heavy atom. The van der Waals surface area contributed by atoms with Crippen molar-refractivity contribution >= 4 is 51.0 Å². The van der Waals surface area contributed by atoms with E-state index in [2.05, 4.69) is 15.3 Å². The second-order valence-corrected chi connectivity index (χ2v) is 6.14. The molecule has 0 fully saturated rings. The maximum atomic E-state index is 12.3. The first-order chi connectivity index (χ1) is 11.0. The number of fused-ring (bicyclic) bond motifs is 1. The van der Waals surface area contributed by atoms with Crippen molar-refractivity contribution in [3.05, 3.63) is 40.6 Å². The first kappa shape index (κ1) is 15.4. The fourth-order valence-electron chi connectivity index (χ4n) is 1.98. The number of aliphatic carboxylic acids is 1. The minimum absolute atomic E-state index is 0.0567. The molecular weight excluding hydrogens is 340 g/mol. The van der Waals surface area contributed by atoms with Gasteiger partial charge in [0.05, 0.1) is 16.6 Å². The molecule has 0 saturated heterocycles. The number of hydrogen-bond donors (Lipinski definition) is 2. The first-order valence-electron chi connectivity index (χ1n) is 6.63. The zero-order chi connectivity index (χ0) is 16.4. The molecule has 0 aliphatic rings. The van der Waals surface area contributed by atoms with Gasteiger partial charge in [0.15, 0.2) is 5.01 Å². The van der Waals surface area contributed by atoms with Gasteiger partial charge < -0.3 is 9.67 Å². The SMILES string of the molecule is O=C(O)CCn1ccnc1NC(=O)c1nc2ccc(Cl)cc2s1. The maximum absolute atomic E-state index is 12.3. The smallest absolute Gasteiger partial charge is 0.305 e. The first-order valence-corrected chi connectivity index (χ1v) is 7.83. The number of benzene rings is 1. The Kier molecular flexibility index (Phi) is 4.26. The molecule has 2 N–H and O–H groups in total. The summed E-state index contributed by atoms with van der Waals surface area (Å²) in [6.07, 6.45) is 3.05. The van der Waals surface area contributed by atoms with E-state index in [1.54, 1.807) is 29.0 Å². The van der Waals surface area contributed by atoms with Crippen LogP contribution >= 0.6 is 22.9 Å². The van der Waals surface area contributed by atoms with Gasteiger partial charge in [-0.3, -0.25) is 14.9 Å². The van der Waals surface area contributed by atoms with E-state index in [0.717, 1.165) is 4.70 Å². The number of imidazole rings is 1. The highest BCUT2D eigenvalue weighted by Gasteiger charge is 2.15. The summed E-state index contributed by atoms with van der Waals surface area (Å²) in [5.41, 5.74) is 0.693. The summed E-state index contributed by atoms with van der Waals surface area (Å²) >= 11 is 7.15. The average molecular weight is 351 g/mol. The molecule has 1 amide bonds. The van der Waals surface area contributed by atoms with E-state index >= 15 is 0 Å². The molecule has 23 heavy (non-hydrogen) atoms. The van der Waals surface area contributed by atoms with Crippen molar-refractivity contribution in [2.24, 2.45) is 0 Å². The Morgan fingerprint density at radius 3 is 3.00 bits per heavy atom. The normalized spacial score (nSPS) is 10.8. The molecule has 0 bridgehead atoms. The quantitative estimate of drug-likeness (QED) is 0.737. The number of carboxylic acid groups (broad SMARTS) is 1. The summed E-state index contributed by atoms with van der Waals surface area (Å²) in [6.45, 7) is 0.223. The van der Waals surface area contributed by atoms with Gasteiger partial charge in [-0.1, -0.05) is 11.6 Å². The van der Waals surface area contributed by atoms with Crippen molar-refractivity contribution < 1.29 is 14.7 Å². The van der Waals surface area contributed by atoms with E-state index in [1.807, 2.05) is 0 Å². The number of nitrogens with zero attached hydrogens (tertiary/aromatic N) is 3. The molecule has 7 nitrogen and oxygen atoms in total. The van der Waals surface area contributed by atoms with Crippen molar-refractivity contribution in [2.75, 3.05) is 5.32 Å². The Hall–Kier alpha value is -2.45. The van der Waals surface area contributed by atoms with Crippen LogP contribution in [0, 0.1) is 0 Å². The third-order valence-corrected chi connectivity index (χ3v) is 4.30. The average Bonchev–Trinajstić information content (AvgIpc) is 3.11. The highest BCUT2D eigenvalue weighted by Crippen LogP contribution is 2.25. The number of rotatable bonds is 5. The van der Waals surface area contributed by atoms with Crippen molar-refractivity contribution in [3.8, 4) is 0 Å². The summed E-state index contributed by atoms with van der Waals surface area (Å²) < 4.78 is 2.38. The molecule has 0 saturated carbocycles. The third-order valence-electron chi connectivity index (χ3n) is 3.05. The topological polar surface area (TPSA) is 97.1 Å². The van der Waals surface area contributed by atoms with Gasteiger partial charge in [0.1, 0.15) is 0 Å². The van der Waals surface area contributed by atoms with Crippen LogP contribution in [-0.4, -0.2) is 31.5 Å². The highest BCUT2D eigenvalue weighted by molar-refractivity contribution is 7.20. The van der Waals surface area contributed by atoms with Crippen LogP contribution in [0.25, 0.3) is 10.2 Å². The van der Waals surface area contributed by atoms with Gasteiger partial charge in [-0.15, -0.1) is 11.3 Å². The molecule has 3 aromatic rings. The lowest BCUT2D eigenvalue weighted by molar-refractivity contribution is -0.137. The Balaban J connectivity index is 1.78. The summed E-state index contributed by atoms with van der Waals surface area (Å²) in [7, 11) is 0. The van der Waals surface area contributed by atoms with Gasteiger partial charge in [0.25, 0.3) is 5.91 Å². The van der Waals surface area contributed by atoms with E-state index in [-0.39, 0.29) is 23.9 Å². The number of amides is 1. The highest BCUT2D eigenvalue weighted by atomic mass is 35.5. The van der Waals surface area contributed by atoms with Crippen LogP contribution in [0.15, 0.2) is 30.6 Å². The van der Waals surface area contributed by atoms with Crippen molar-refractivity contribution in [3.63, 3.8) is 0 Å². The summed E-state index contributed by atoms with van der Waals surface area (Å²) in [6, 6.07) is 5.21. The van der Waals surface area contributed by atoms with E-state index in [9.17, 15) is 9.59 Å². The van der Waals surface area contributed by atoms with E-state index in [4.69, 9.17) is 16.7 Å².